The summed E-state index contributed by atoms with van der Waals surface area (Å²) in [5, 5.41) is 21.3. The van der Waals surface area contributed by atoms with Crippen LogP contribution in [0.25, 0.3) is 0 Å². The van der Waals surface area contributed by atoms with E-state index in [1.165, 1.54) is 17.0 Å². The lowest BCUT2D eigenvalue weighted by atomic mass is 10.1. The van der Waals surface area contributed by atoms with Gasteiger partial charge < -0.3 is 36.0 Å². The minimum atomic E-state index is -4.61. The number of hydrogen-bond acceptors (Lipinski definition) is 10. The standard InChI is InChI=1S/C32H38ClF3N8O5/c1-20(2)18-38-26(47)27(48)44(16-17-45)15-3-14-37-25(46)21-4-10-24(11-5-21)39-28-40-29(42-30(41-28)49-19-32(34,35)36)43-31(12-13-31)22-6-8-23(33)9-7-22/h4-11,20,45H,3,12-19H2,1-2H3,(H,37,46)(H,38,47)(H2,39,40,41,42,43). The van der Waals surface area contributed by atoms with Crippen molar-refractivity contribution in [3.05, 3.63) is 64.7 Å². The van der Waals surface area contributed by atoms with Gasteiger partial charge in [0.15, 0.2) is 6.61 Å². The number of alkyl halides is 3. The van der Waals surface area contributed by atoms with Gasteiger partial charge in [-0.05, 0) is 67.1 Å². The number of ether oxygens (including phenoxy) is 1. The third-order valence-corrected chi connectivity index (χ3v) is 7.55. The van der Waals surface area contributed by atoms with Gasteiger partial charge in [0, 0.05) is 42.5 Å². The summed E-state index contributed by atoms with van der Waals surface area (Å²) in [6.07, 6.45) is -2.80. The number of halogens is 4. The Morgan fingerprint density at radius 2 is 1.65 bits per heavy atom. The Bertz CT molecular complexity index is 1590. The van der Waals surface area contributed by atoms with Gasteiger partial charge >= 0.3 is 24.0 Å². The van der Waals surface area contributed by atoms with Crippen LogP contribution in [0, 0.1) is 5.92 Å². The maximum absolute atomic E-state index is 12.9. The summed E-state index contributed by atoms with van der Waals surface area (Å²) < 4.78 is 43.5. The summed E-state index contributed by atoms with van der Waals surface area (Å²) in [5.74, 6) is -1.81. The molecule has 5 N–H and O–H groups in total. The fourth-order valence-corrected chi connectivity index (χ4v) is 4.76. The van der Waals surface area contributed by atoms with E-state index in [9.17, 15) is 32.7 Å². The number of aliphatic hydroxyl groups excluding tert-OH is 1. The normalized spacial score (nSPS) is 13.4. The molecule has 1 aliphatic rings. The number of aliphatic hydroxyl groups is 1. The molecular formula is C32H38ClF3N8O5. The smallest absolute Gasteiger partial charge is 0.422 e. The molecule has 13 nitrogen and oxygen atoms in total. The second kappa shape index (κ2) is 16.6. The van der Waals surface area contributed by atoms with Crippen LogP contribution in [0.4, 0.5) is 30.8 Å². The molecule has 264 valence electrons. The molecule has 4 rings (SSSR count). The summed E-state index contributed by atoms with van der Waals surface area (Å²) in [6.45, 7) is 2.56. The van der Waals surface area contributed by atoms with Gasteiger partial charge in [-0.2, -0.15) is 28.1 Å². The van der Waals surface area contributed by atoms with Crippen LogP contribution in [-0.2, 0) is 15.1 Å². The van der Waals surface area contributed by atoms with Gasteiger partial charge in [0.2, 0.25) is 11.9 Å². The zero-order valence-electron chi connectivity index (χ0n) is 26.9. The quantitative estimate of drug-likeness (QED) is 0.108. The Labute approximate surface area is 286 Å². The number of anilines is 3. The van der Waals surface area contributed by atoms with Crippen LogP contribution < -0.4 is 26.0 Å². The molecule has 2 aromatic carbocycles. The van der Waals surface area contributed by atoms with E-state index in [2.05, 4.69) is 36.2 Å². The number of nitrogens with one attached hydrogen (secondary N) is 4. The topological polar surface area (TPSA) is 171 Å². The highest BCUT2D eigenvalue weighted by Crippen LogP contribution is 2.48. The largest absolute Gasteiger partial charge is 0.454 e. The molecule has 1 fully saturated rings. The first-order valence-electron chi connectivity index (χ1n) is 15.6. The molecule has 1 aromatic heterocycles. The van der Waals surface area contributed by atoms with Crippen molar-refractivity contribution in [2.75, 3.05) is 50.0 Å². The number of nitrogens with zero attached hydrogens (tertiary/aromatic N) is 4. The van der Waals surface area contributed by atoms with Crippen molar-refractivity contribution >= 4 is 46.9 Å². The SMILES string of the molecule is CC(C)CNC(=O)C(=O)N(CCO)CCCNC(=O)c1ccc(Nc2nc(NC3(c4ccc(Cl)cc4)CC3)nc(OCC(F)(F)F)n2)cc1. The van der Waals surface area contributed by atoms with Crippen LogP contribution in [0.2, 0.25) is 5.02 Å². The molecule has 3 amide bonds. The maximum atomic E-state index is 12.9. The van der Waals surface area contributed by atoms with E-state index in [0.717, 1.165) is 18.4 Å². The van der Waals surface area contributed by atoms with Gasteiger partial charge in [-0.15, -0.1) is 0 Å². The fraction of sp³-hybridized carbons (Fsp3) is 0.438. The summed E-state index contributed by atoms with van der Waals surface area (Å²) in [6, 6.07) is 12.8. The number of rotatable bonds is 16. The number of carbonyl (C=O) groups is 3. The molecule has 0 atom stereocenters. The fourth-order valence-electron chi connectivity index (χ4n) is 4.63. The molecule has 49 heavy (non-hydrogen) atoms. The number of carbonyl (C=O) groups excluding carboxylic acids is 3. The first-order chi connectivity index (χ1) is 23.3. The van der Waals surface area contributed by atoms with Crippen molar-refractivity contribution in [1.29, 1.82) is 0 Å². The van der Waals surface area contributed by atoms with E-state index in [-0.39, 0.29) is 44.1 Å². The predicted octanol–water partition coefficient (Wildman–Crippen LogP) is 4.02. The Morgan fingerprint density at radius 3 is 2.27 bits per heavy atom. The minimum absolute atomic E-state index is 0.00793. The zero-order valence-corrected chi connectivity index (χ0v) is 27.7. The van der Waals surface area contributed by atoms with Crippen LogP contribution in [-0.4, -0.2) is 88.2 Å². The molecule has 1 aliphatic carbocycles. The van der Waals surface area contributed by atoms with E-state index in [1.807, 2.05) is 26.0 Å². The van der Waals surface area contributed by atoms with Crippen molar-refractivity contribution in [1.82, 2.24) is 30.5 Å². The van der Waals surface area contributed by atoms with Crippen LogP contribution in [0.1, 0.15) is 49.0 Å². The summed E-state index contributed by atoms with van der Waals surface area (Å²) >= 11 is 6.02. The van der Waals surface area contributed by atoms with Crippen molar-refractivity contribution in [3.63, 3.8) is 0 Å². The van der Waals surface area contributed by atoms with Crippen molar-refractivity contribution < 1.29 is 37.4 Å². The van der Waals surface area contributed by atoms with Gasteiger partial charge in [-0.25, -0.2) is 0 Å². The average molecular weight is 707 g/mol. The highest BCUT2D eigenvalue weighted by Gasteiger charge is 2.45. The van der Waals surface area contributed by atoms with Crippen LogP contribution in [0.5, 0.6) is 6.01 Å². The molecule has 0 aliphatic heterocycles. The van der Waals surface area contributed by atoms with Crippen molar-refractivity contribution in [2.24, 2.45) is 5.92 Å². The average Bonchev–Trinajstić information content (AvgIpc) is 3.84. The van der Waals surface area contributed by atoms with Gasteiger partial charge in [-0.3, -0.25) is 14.4 Å². The maximum Gasteiger partial charge on any atom is 0.422 e. The van der Waals surface area contributed by atoms with Gasteiger partial charge in [0.05, 0.1) is 12.1 Å². The molecule has 0 saturated heterocycles. The lowest BCUT2D eigenvalue weighted by molar-refractivity contribution is -0.154. The van der Waals surface area contributed by atoms with Crippen molar-refractivity contribution in [2.45, 2.75) is 44.8 Å². The highest BCUT2D eigenvalue weighted by molar-refractivity contribution is 6.35. The first-order valence-corrected chi connectivity index (χ1v) is 16.0. The van der Waals surface area contributed by atoms with Crippen molar-refractivity contribution in [3.8, 4) is 6.01 Å². The Hall–Kier alpha value is -4.70. The lowest BCUT2D eigenvalue weighted by Gasteiger charge is -2.21. The molecule has 1 saturated carbocycles. The number of aromatic nitrogens is 3. The number of benzene rings is 2. The van der Waals surface area contributed by atoms with E-state index in [0.29, 0.717) is 29.2 Å². The zero-order chi connectivity index (χ0) is 35.6. The third kappa shape index (κ3) is 11.5. The Morgan fingerprint density at radius 1 is 0.980 bits per heavy atom. The molecule has 1 heterocycles. The second-order valence-electron chi connectivity index (χ2n) is 11.8. The first kappa shape index (κ1) is 37.1. The highest BCUT2D eigenvalue weighted by atomic mass is 35.5. The van der Waals surface area contributed by atoms with E-state index >= 15 is 0 Å². The summed E-state index contributed by atoms with van der Waals surface area (Å²) in [4.78, 5) is 50.9. The molecule has 0 spiro atoms. The lowest BCUT2D eigenvalue weighted by Crippen LogP contribution is -2.45. The van der Waals surface area contributed by atoms with Crippen LogP contribution >= 0.6 is 11.6 Å². The Balaban J connectivity index is 1.36. The van der Waals surface area contributed by atoms with Crippen LogP contribution in [0.15, 0.2) is 48.5 Å². The monoisotopic (exact) mass is 706 g/mol. The minimum Gasteiger partial charge on any atom is -0.454 e. The molecule has 0 unspecified atom stereocenters. The third-order valence-electron chi connectivity index (χ3n) is 7.29. The molecular weight excluding hydrogens is 669 g/mol. The van der Waals surface area contributed by atoms with E-state index in [1.54, 1.807) is 24.3 Å². The molecule has 0 radical (unpaired) electrons. The van der Waals surface area contributed by atoms with Gasteiger partial charge in [-0.1, -0.05) is 37.6 Å². The Kier molecular flexibility index (Phi) is 12.6. The predicted molar refractivity (Wildman–Crippen MR) is 176 cm³/mol. The van der Waals surface area contributed by atoms with Gasteiger partial charge in [0.25, 0.3) is 5.91 Å². The summed E-state index contributed by atoms with van der Waals surface area (Å²) in [5.41, 5.74) is 1.14. The number of amides is 3. The second-order valence-corrected chi connectivity index (χ2v) is 12.3. The molecule has 17 heteroatoms. The molecule has 3 aromatic rings. The van der Waals surface area contributed by atoms with Gasteiger partial charge in [0.1, 0.15) is 0 Å². The van der Waals surface area contributed by atoms with Crippen LogP contribution in [0.3, 0.4) is 0 Å². The number of hydrogen-bond donors (Lipinski definition) is 5. The molecule has 0 bridgehead atoms. The van der Waals surface area contributed by atoms with E-state index in [4.69, 9.17) is 16.3 Å². The summed E-state index contributed by atoms with van der Waals surface area (Å²) in [7, 11) is 0. The van der Waals surface area contributed by atoms with E-state index < -0.39 is 42.1 Å².